The molecule has 2 heteroatoms. The smallest absolute Gasteiger partial charge is 0.123 e. The van der Waals surface area contributed by atoms with Crippen LogP contribution in [0.3, 0.4) is 0 Å². The molecule has 0 heterocycles. The third-order valence-electron chi connectivity index (χ3n) is 3.36. The maximum Gasteiger partial charge on any atom is 0.123 e. The van der Waals surface area contributed by atoms with Crippen LogP contribution in [0, 0.1) is 13.8 Å². The second-order valence-corrected chi connectivity index (χ2v) is 4.78. The minimum absolute atomic E-state index is 0.797. The number of ether oxygens (including phenoxy) is 2. The molecule has 2 aromatic rings. The number of benzene rings is 2. The van der Waals surface area contributed by atoms with E-state index in [1.54, 1.807) is 14.2 Å². The normalized spacial score (nSPS) is 10.8. The largest absolute Gasteiger partial charge is 0.497 e. The Morgan fingerprint density at radius 3 is 1.85 bits per heavy atom. The predicted molar refractivity (Wildman–Crippen MR) is 84.4 cm³/mol. The van der Waals surface area contributed by atoms with Crippen LogP contribution in [0.4, 0.5) is 0 Å². The summed E-state index contributed by atoms with van der Waals surface area (Å²) in [4.78, 5) is 0. The Hall–Kier alpha value is -2.22. The summed E-state index contributed by atoms with van der Waals surface area (Å²) in [7, 11) is 3.32. The highest BCUT2D eigenvalue weighted by atomic mass is 16.5. The number of methoxy groups -OCH3 is 2. The Kier molecular flexibility index (Phi) is 4.46. The average molecular weight is 268 g/mol. The van der Waals surface area contributed by atoms with Crippen molar-refractivity contribution in [1.82, 2.24) is 0 Å². The molecule has 0 bridgehead atoms. The van der Waals surface area contributed by atoms with Gasteiger partial charge >= 0.3 is 0 Å². The molecule has 0 unspecified atom stereocenters. The lowest BCUT2D eigenvalue weighted by Gasteiger charge is -2.07. The van der Waals surface area contributed by atoms with E-state index in [2.05, 4.69) is 44.2 Å². The van der Waals surface area contributed by atoms with Crippen LogP contribution >= 0.6 is 0 Å². The molecule has 0 aliphatic rings. The highest BCUT2D eigenvalue weighted by Gasteiger charge is 2.01. The standard InChI is InChI=1S/C18H20O2/c1-13-6-5-7-14(2)18(13)9-8-15-10-16(19-3)12-17(11-15)20-4/h5-12H,1-4H3/b9-8+. The molecular formula is C18H20O2. The van der Waals surface area contributed by atoms with Crippen LogP contribution in [-0.2, 0) is 0 Å². The number of hydrogen-bond donors (Lipinski definition) is 0. The van der Waals surface area contributed by atoms with E-state index in [0.29, 0.717) is 0 Å². The Labute approximate surface area is 120 Å². The van der Waals surface area contributed by atoms with Gasteiger partial charge in [0.15, 0.2) is 0 Å². The second kappa shape index (κ2) is 6.29. The Balaban J connectivity index is 2.36. The summed E-state index contributed by atoms with van der Waals surface area (Å²) < 4.78 is 10.6. The van der Waals surface area contributed by atoms with Gasteiger partial charge in [0, 0.05) is 6.07 Å². The number of rotatable bonds is 4. The van der Waals surface area contributed by atoms with Crippen LogP contribution in [0.2, 0.25) is 0 Å². The van der Waals surface area contributed by atoms with Gasteiger partial charge in [0.2, 0.25) is 0 Å². The summed E-state index contributed by atoms with van der Waals surface area (Å²) in [5.41, 5.74) is 4.87. The van der Waals surface area contributed by atoms with Crippen molar-refractivity contribution < 1.29 is 9.47 Å². The van der Waals surface area contributed by atoms with E-state index in [0.717, 1.165) is 17.1 Å². The molecule has 0 radical (unpaired) electrons. The van der Waals surface area contributed by atoms with Crippen molar-refractivity contribution in [2.24, 2.45) is 0 Å². The van der Waals surface area contributed by atoms with Crippen molar-refractivity contribution >= 4 is 12.2 Å². The molecule has 0 amide bonds. The lowest BCUT2D eigenvalue weighted by Crippen LogP contribution is -1.88. The van der Waals surface area contributed by atoms with Crippen molar-refractivity contribution in [3.63, 3.8) is 0 Å². The van der Waals surface area contributed by atoms with Crippen LogP contribution in [0.25, 0.3) is 12.2 Å². The molecule has 0 aliphatic carbocycles. The molecule has 104 valence electrons. The minimum Gasteiger partial charge on any atom is -0.497 e. The summed E-state index contributed by atoms with van der Waals surface area (Å²) >= 11 is 0. The fraction of sp³-hybridized carbons (Fsp3) is 0.222. The van der Waals surface area contributed by atoms with Crippen LogP contribution in [0.5, 0.6) is 11.5 Å². The topological polar surface area (TPSA) is 18.5 Å². The molecule has 0 fully saturated rings. The van der Waals surface area contributed by atoms with E-state index in [1.807, 2.05) is 18.2 Å². The first-order valence-corrected chi connectivity index (χ1v) is 6.61. The monoisotopic (exact) mass is 268 g/mol. The van der Waals surface area contributed by atoms with E-state index in [1.165, 1.54) is 16.7 Å². The Morgan fingerprint density at radius 1 is 0.800 bits per heavy atom. The summed E-state index contributed by atoms with van der Waals surface area (Å²) in [5.74, 6) is 1.59. The third-order valence-corrected chi connectivity index (χ3v) is 3.36. The third kappa shape index (κ3) is 3.21. The van der Waals surface area contributed by atoms with Crippen LogP contribution in [-0.4, -0.2) is 14.2 Å². The lowest BCUT2D eigenvalue weighted by molar-refractivity contribution is 0.394. The quantitative estimate of drug-likeness (QED) is 0.761. The average Bonchev–Trinajstić information content (AvgIpc) is 2.46. The zero-order valence-electron chi connectivity index (χ0n) is 12.4. The van der Waals surface area contributed by atoms with Crippen molar-refractivity contribution in [3.8, 4) is 11.5 Å². The second-order valence-electron chi connectivity index (χ2n) is 4.78. The SMILES string of the molecule is COc1cc(/C=C/c2c(C)cccc2C)cc(OC)c1. The molecule has 0 saturated carbocycles. The number of hydrogen-bond acceptors (Lipinski definition) is 2. The maximum atomic E-state index is 5.28. The molecule has 0 spiro atoms. The van der Waals surface area contributed by atoms with Gasteiger partial charge in [-0.05, 0) is 48.2 Å². The molecule has 2 aromatic carbocycles. The van der Waals surface area contributed by atoms with Crippen LogP contribution in [0.15, 0.2) is 36.4 Å². The molecule has 0 saturated heterocycles. The van der Waals surface area contributed by atoms with Gasteiger partial charge in [0.1, 0.15) is 11.5 Å². The first kappa shape index (κ1) is 14.2. The molecule has 2 rings (SSSR count). The van der Waals surface area contributed by atoms with E-state index in [-0.39, 0.29) is 0 Å². The zero-order valence-corrected chi connectivity index (χ0v) is 12.4. The van der Waals surface area contributed by atoms with E-state index >= 15 is 0 Å². The van der Waals surface area contributed by atoms with Gasteiger partial charge in [-0.25, -0.2) is 0 Å². The van der Waals surface area contributed by atoms with E-state index < -0.39 is 0 Å². The van der Waals surface area contributed by atoms with Gasteiger partial charge < -0.3 is 9.47 Å². The number of aryl methyl sites for hydroxylation is 2. The van der Waals surface area contributed by atoms with Crippen LogP contribution in [0.1, 0.15) is 22.3 Å². The summed E-state index contributed by atoms with van der Waals surface area (Å²) in [6.45, 7) is 4.25. The molecule has 0 aromatic heterocycles. The van der Waals surface area contributed by atoms with Gasteiger partial charge in [-0.2, -0.15) is 0 Å². The first-order valence-electron chi connectivity index (χ1n) is 6.61. The zero-order chi connectivity index (χ0) is 14.5. The van der Waals surface area contributed by atoms with Gasteiger partial charge in [-0.3, -0.25) is 0 Å². The van der Waals surface area contributed by atoms with Crippen molar-refractivity contribution in [2.45, 2.75) is 13.8 Å². The van der Waals surface area contributed by atoms with Crippen molar-refractivity contribution in [3.05, 3.63) is 58.7 Å². The Bertz CT molecular complexity index is 585. The Morgan fingerprint density at radius 2 is 1.35 bits per heavy atom. The van der Waals surface area contributed by atoms with Gasteiger partial charge in [-0.1, -0.05) is 30.4 Å². The fourth-order valence-electron chi connectivity index (χ4n) is 2.20. The molecule has 0 N–H and O–H groups in total. The molecule has 20 heavy (non-hydrogen) atoms. The van der Waals surface area contributed by atoms with Gasteiger partial charge in [0.25, 0.3) is 0 Å². The lowest BCUT2D eigenvalue weighted by atomic mass is 10.0. The van der Waals surface area contributed by atoms with Crippen molar-refractivity contribution in [1.29, 1.82) is 0 Å². The predicted octanol–water partition coefficient (Wildman–Crippen LogP) is 4.49. The van der Waals surface area contributed by atoms with Gasteiger partial charge in [-0.15, -0.1) is 0 Å². The van der Waals surface area contributed by atoms with E-state index in [9.17, 15) is 0 Å². The minimum atomic E-state index is 0.797. The molecule has 2 nitrogen and oxygen atoms in total. The fourth-order valence-corrected chi connectivity index (χ4v) is 2.20. The molecule has 0 aliphatic heterocycles. The summed E-state index contributed by atoms with van der Waals surface area (Å²) in [6, 6.07) is 12.2. The summed E-state index contributed by atoms with van der Waals surface area (Å²) in [5, 5.41) is 0. The van der Waals surface area contributed by atoms with Gasteiger partial charge in [0.05, 0.1) is 14.2 Å². The molecule has 0 atom stereocenters. The van der Waals surface area contributed by atoms with E-state index in [4.69, 9.17) is 9.47 Å². The highest BCUT2D eigenvalue weighted by Crippen LogP contribution is 2.24. The molecular weight excluding hydrogens is 248 g/mol. The first-order chi connectivity index (χ1) is 9.63. The maximum absolute atomic E-state index is 5.28. The van der Waals surface area contributed by atoms with Crippen molar-refractivity contribution in [2.75, 3.05) is 14.2 Å². The summed E-state index contributed by atoms with van der Waals surface area (Å²) in [6.07, 6.45) is 4.22. The highest BCUT2D eigenvalue weighted by molar-refractivity contribution is 5.73. The van der Waals surface area contributed by atoms with Crippen LogP contribution < -0.4 is 9.47 Å².